The average molecular weight is 418 g/mol. The fourth-order valence-corrected chi connectivity index (χ4v) is 3.73. The summed E-state index contributed by atoms with van der Waals surface area (Å²) in [6.07, 6.45) is -0.0921. The minimum Gasteiger partial charge on any atom is -0.865 e. The number of nitrogens with one attached hydrogen (secondary N) is 1. The minimum atomic E-state index is -0.797. The summed E-state index contributed by atoms with van der Waals surface area (Å²) in [7, 11) is 1.28. The summed E-state index contributed by atoms with van der Waals surface area (Å²) in [6, 6.07) is 19.5. The highest BCUT2D eigenvalue weighted by molar-refractivity contribution is 6.01. The number of ether oxygens (including phenoxy) is 1. The van der Waals surface area contributed by atoms with Crippen LogP contribution in [0.1, 0.15) is 27.7 Å². The summed E-state index contributed by atoms with van der Waals surface area (Å²) >= 11 is 0. The molecule has 3 aromatic carbocycles. The van der Waals surface area contributed by atoms with Crippen molar-refractivity contribution < 1.29 is 19.6 Å². The van der Waals surface area contributed by atoms with E-state index in [0.717, 1.165) is 5.56 Å². The van der Waals surface area contributed by atoms with Crippen molar-refractivity contribution in [3.63, 3.8) is 0 Å². The van der Waals surface area contributed by atoms with Crippen molar-refractivity contribution >= 4 is 17.3 Å². The number of carbonyl (C=O) groups is 1. The molecule has 31 heavy (non-hydrogen) atoms. The summed E-state index contributed by atoms with van der Waals surface area (Å²) in [6.45, 7) is 0.379. The fraction of sp³-hybridized carbons (Fsp3) is 0.174. The number of nitro groups is 1. The van der Waals surface area contributed by atoms with E-state index in [2.05, 4.69) is 5.32 Å². The highest BCUT2D eigenvalue weighted by Gasteiger charge is 2.33. The Morgan fingerprint density at radius 1 is 1.10 bits per heavy atom. The molecule has 0 aliphatic carbocycles. The first-order valence-electron chi connectivity index (χ1n) is 9.73. The van der Waals surface area contributed by atoms with Gasteiger partial charge in [-0.2, -0.15) is 0 Å². The largest absolute Gasteiger partial charge is 0.865 e. The Bertz CT molecular complexity index is 1130. The van der Waals surface area contributed by atoms with E-state index in [-0.39, 0.29) is 11.7 Å². The molecule has 8 heteroatoms. The van der Waals surface area contributed by atoms with E-state index in [1.165, 1.54) is 19.2 Å². The Hall–Kier alpha value is -4.07. The smallest absolute Gasteiger partial charge is 0.265 e. The van der Waals surface area contributed by atoms with Crippen LogP contribution in [0.15, 0.2) is 66.7 Å². The van der Waals surface area contributed by atoms with Crippen LogP contribution in [0.3, 0.4) is 0 Å². The van der Waals surface area contributed by atoms with Gasteiger partial charge < -0.3 is 20.1 Å². The van der Waals surface area contributed by atoms with E-state index < -0.39 is 22.5 Å². The zero-order chi connectivity index (χ0) is 22.0. The third-order valence-corrected chi connectivity index (χ3v) is 5.30. The molecule has 0 bridgehead atoms. The molecule has 158 valence electrons. The van der Waals surface area contributed by atoms with Gasteiger partial charge in [0.15, 0.2) is 0 Å². The molecule has 1 aliphatic heterocycles. The topological polar surface area (TPSA) is 108 Å². The summed E-state index contributed by atoms with van der Waals surface area (Å²) in [4.78, 5) is 25.6. The van der Waals surface area contributed by atoms with Crippen molar-refractivity contribution in [2.45, 2.75) is 12.6 Å². The standard InChI is InChI=1S/C23H21N3O5/c1-31-20-14-16(13-19(21(20)27)26(29)30)22-24-18-10-6-5-9-17(18)23(28)25(22)12-11-15-7-3-2-4-8-15/h2-10,13-14,22,24,27H,11-12H2,1H3/p-1/t22-/m1/s1. The first kappa shape index (κ1) is 20.2. The van der Waals surface area contributed by atoms with Gasteiger partial charge in [-0.05, 0) is 30.2 Å². The lowest BCUT2D eigenvalue weighted by Gasteiger charge is -2.38. The zero-order valence-corrected chi connectivity index (χ0v) is 16.8. The van der Waals surface area contributed by atoms with Gasteiger partial charge in [-0.1, -0.05) is 42.5 Å². The van der Waals surface area contributed by atoms with Crippen LogP contribution in [0.5, 0.6) is 11.5 Å². The maximum Gasteiger partial charge on any atom is 0.265 e. The quantitative estimate of drug-likeness (QED) is 0.485. The Labute approximate surface area is 178 Å². The second kappa shape index (κ2) is 8.35. The Balaban J connectivity index is 1.77. The number of para-hydroxylation sites is 1. The van der Waals surface area contributed by atoms with Gasteiger partial charge in [0.05, 0.1) is 17.6 Å². The number of nitro benzene ring substituents is 1. The predicted octanol–water partition coefficient (Wildman–Crippen LogP) is 3.49. The van der Waals surface area contributed by atoms with Crippen LogP contribution in [-0.2, 0) is 6.42 Å². The SMILES string of the molecule is COc1cc([C@@H]2Nc3ccccc3C(=O)N2CCc2ccccc2)cc([N+](=O)[O-])c1[O-]. The molecule has 1 atom stereocenters. The van der Waals surface area contributed by atoms with Gasteiger partial charge in [0, 0.05) is 29.6 Å². The normalized spacial score (nSPS) is 15.2. The predicted molar refractivity (Wildman–Crippen MR) is 113 cm³/mol. The van der Waals surface area contributed by atoms with Crippen molar-refractivity contribution in [3.05, 3.63) is 93.5 Å². The second-order valence-electron chi connectivity index (χ2n) is 7.16. The number of benzene rings is 3. The number of amides is 1. The van der Waals surface area contributed by atoms with E-state index in [0.29, 0.717) is 29.8 Å². The maximum atomic E-state index is 13.3. The van der Waals surface area contributed by atoms with Crippen molar-refractivity contribution in [2.24, 2.45) is 0 Å². The molecule has 0 fully saturated rings. The van der Waals surface area contributed by atoms with Crippen molar-refractivity contribution in [1.82, 2.24) is 4.90 Å². The monoisotopic (exact) mass is 418 g/mol. The molecule has 0 saturated heterocycles. The number of nitrogens with zero attached hydrogens (tertiary/aromatic N) is 2. The van der Waals surface area contributed by atoms with Gasteiger partial charge >= 0.3 is 0 Å². The van der Waals surface area contributed by atoms with Crippen LogP contribution in [-0.4, -0.2) is 29.4 Å². The number of rotatable bonds is 6. The maximum absolute atomic E-state index is 13.3. The van der Waals surface area contributed by atoms with Crippen LogP contribution in [0, 0.1) is 10.1 Å². The number of anilines is 1. The molecular formula is C23H20N3O5-. The molecule has 0 radical (unpaired) electrons. The summed E-state index contributed by atoms with van der Waals surface area (Å²) in [5, 5.41) is 27.0. The van der Waals surface area contributed by atoms with Gasteiger partial charge in [0.2, 0.25) is 0 Å². The van der Waals surface area contributed by atoms with E-state index >= 15 is 0 Å². The van der Waals surface area contributed by atoms with Gasteiger partial charge in [-0.3, -0.25) is 14.9 Å². The molecule has 1 aliphatic rings. The molecule has 4 rings (SSSR count). The minimum absolute atomic E-state index is 0.139. The Morgan fingerprint density at radius 2 is 1.81 bits per heavy atom. The molecule has 1 heterocycles. The molecule has 0 unspecified atom stereocenters. The van der Waals surface area contributed by atoms with Gasteiger partial charge in [-0.15, -0.1) is 0 Å². The van der Waals surface area contributed by atoms with Crippen molar-refractivity contribution in [2.75, 3.05) is 19.0 Å². The van der Waals surface area contributed by atoms with Crippen LogP contribution in [0.4, 0.5) is 11.4 Å². The number of fused-ring (bicyclic) bond motifs is 1. The molecular weight excluding hydrogens is 398 g/mol. The average Bonchev–Trinajstić information content (AvgIpc) is 2.79. The summed E-state index contributed by atoms with van der Waals surface area (Å²) < 4.78 is 5.08. The van der Waals surface area contributed by atoms with Gasteiger partial charge in [-0.25, -0.2) is 0 Å². The third-order valence-electron chi connectivity index (χ3n) is 5.30. The first-order chi connectivity index (χ1) is 15.0. The van der Waals surface area contributed by atoms with Crippen LogP contribution >= 0.6 is 0 Å². The number of methoxy groups -OCH3 is 1. The van der Waals surface area contributed by atoms with Crippen LogP contribution < -0.4 is 15.2 Å². The molecule has 3 aromatic rings. The number of hydrogen-bond donors (Lipinski definition) is 1. The second-order valence-corrected chi connectivity index (χ2v) is 7.16. The Kier molecular flexibility index (Phi) is 5.44. The van der Waals surface area contributed by atoms with E-state index in [4.69, 9.17) is 4.74 Å². The van der Waals surface area contributed by atoms with E-state index in [1.807, 2.05) is 30.3 Å². The summed E-state index contributed by atoms with van der Waals surface area (Å²) in [5.41, 5.74) is 2.02. The van der Waals surface area contributed by atoms with Crippen LogP contribution in [0.2, 0.25) is 0 Å². The van der Waals surface area contributed by atoms with Crippen molar-refractivity contribution in [1.29, 1.82) is 0 Å². The molecule has 8 nitrogen and oxygen atoms in total. The molecule has 1 amide bonds. The summed E-state index contributed by atoms with van der Waals surface area (Å²) in [5.74, 6) is -1.13. The molecule has 1 N–H and O–H groups in total. The zero-order valence-electron chi connectivity index (χ0n) is 16.8. The van der Waals surface area contributed by atoms with Crippen molar-refractivity contribution in [3.8, 4) is 11.5 Å². The lowest BCUT2D eigenvalue weighted by atomic mass is 10.0. The lowest BCUT2D eigenvalue weighted by molar-refractivity contribution is -0.398. The Morgan fingerprint density at radius 3 is 2.52 bits per heavy atom. The highest BCUT2D eigenvalue weighted by Crippen LogP contribution is 2.40. The first-order valence-corrected chi connectivity index (χ1v) is 9.73. The molecule has 0 saturated carbocycles. The van der Waals surface area contributed by atoms with Gasteiger partial charge in [0.1, 0.15) is 11.9 Å². The third kappa shape index (κ3) is 3.87. The van der Waals surface area contributed by atoms with Gasteiger partial charge in [0.25, 0.3) is 11.6 Å². The molecule has 0 spiro atoms. The number of hydrogen-bond acceptors (Lipinski definition) is 6. The number of carbonyl (C=O) groups excluding carboxylic acids is 1. The van der Waals surface area contributed by atoms with E-state index in [9.17, 15) is 20.0 Å². The van der Waals surface area contributed by atoms with Crippen LogP contribution in [0.25, 0.3) is 0 Å². The highest BCUT2D eigenvalue weighted by atomic mass is 16.6. The molecule has 0 aromatic heterocycles. The fourth-order valence-electron chi connectivity index (χ4n) is 3.73. The lowest BCUT2D eigenvalue weighted by Crippen LogP contribution is -2.44. The van der Waals surface area contributed by atoms with E-state index in [1.54, 1.807) is 29.2 Å².